The first-order chi connectivity index (χ1) is 7.26. The first-order valence-corrected chi connectivity index (χ1v) is 6.99. The highest BCUT2D eigenvalue weighted by atomic mass is 35.5. The summed E-state index contributed by atoms with van der Waals surface area (Å²) in [4.78, 5) is 0. The third-order valence-corrected chi connectivity index (χ3v) is 4.86. The average molecular weight is 246 g/mol. The molecule has 1 unspecified atom stereocenters. The van der Waals surface area contributed by atoms with Crippen LogP contribution in [0.4, 0.5) is 0 Å². The second kappa shape index (κ2) is 6.26. The fraction of sp³-hybridized carbons (Fsp3) is 1.00. The lowest BCUT2D eigenvalue weighted by molar-refractivity contribution is 0.267. The normalized spacial score (nSPS) is 25.9. The molecule has 2 rings (SSSR count). The van der Waals surface area contributed by atoms with Crippen LogP contribution in [0.1, 0.15) is 65.2 Å². The van der Waals surface area contributed by atoms with E-state index in [0.29, 0.717) is 5.41 Å². The molecule has 2 aliphatic carbocycles. The highest BCUT2D eigenvalue weighted by molar-refractivity contribution is 5.85. The highest BCUT2D eigenvalue weighted by Gasteiger charge is 2.40. The molecule has 0 aromatic carbocycles. The van der Waals surface area contributed by atoms with E-state index in [0.717, 1.165) is 12.0 Å². The van der Waals surface area contributed by atoms with Crippen LogP contribution in [0.2, 0.25) is 0 Å². The van der Waals surface area contributed by atoms with Crippen LogP contribution in [0.15, 0.2) is 0 Å². The lowest BCUT2D eigenvalue weighted by Crippen LogP contribution is -2.38. The van der Waals surface area contributed by atoms with Gasteiger partial charge in [-0.2, -0.15) is 0 Å². The summed E-state index contributed by atoms with van der Waals surface area (Å²) in [6.07, 6.45) is 11.6. The zero-order valence-corrected chi connectivity index (χ0v) is 11.7. The monoisotopic (exact) mass is 245 g/mol. The molecular formula is C14H28ClN. The smallest absolute Gasteiger partial charge is 0.00672 e. The van der Waals surface area contributed by atoms with Gasteiger partial charge in [0.1, 0.15) is 0 Å². The molecule has 2 fully saturated rings. The van der Waals surface area contributed by atoms with Crippen LogP contribution in [0.5, 0.6) is 0 Å². The van der Waals surface area contributed by atoms with E-state index in [2.05, 4.69) is 19.2 Å². The molecular weight excluding hydrogens is 218 g/mol. The Morgan fingerprint density at radius 2 is 1.81 bits per heavy atom. The molecule has 2 aliphatic rings. The molecule has 0 aromatic heterocycles. The second-order valence-corrected chi connectivity index (χ2v) is 5.92. The third kappa shape index (κ3) is 3.63. The first kappa shape index (κ1) is 14.3. The second-order valence-electron chi connectivity index (χ2n) is 5.92. The quantitative estimate of drug-likeness (QED) is 0.767. The minimum atomic E-state index is 0. The van der Waals surface area contributed by atoms with Gasteiger partial charge in [0, 0.05) is 12.6 Å². The minimum Gasteiger partial charge on any atom is -0.313 e. The summed E-state index contributed by atoms with van der Waals surface area (Å²) in [5.41, 5.74) is 0.711. The Kier molecular flexibility index (Phi) is 5.60. The van der Waals surface area contributed by atoms with Crippen LogP contribution in [-0.2, 0) is 0 Å². The van der Waals surface area contributed by atoms with Gasteiger partial charge >= 0.3 is 0 Å². The summed E-state index contributed by atoms with van der Waals surface area (Å²) in [6, 6.07) is 0.759. The molecule has 0 spiro atoms. The molecule has 0 amide bonds. The van der Waals surface area contributed by atoms with Gasteiger partial charge in [-0.15, -0.1) is 12.4 Å². The molecule has 0 radical (unpaired) electrons. The van der Waals surface area contributed by atoms with Crippen LogP contribution in [-0.4, -0.2) is 12.6 Å². The highest BCUT2D eigenvalue weighted by Crippen LogP contribution is 2.48. The van der Waals surface area contributed by atoms with Gasteiger partial charge in [-0.3, -0.25) is 0 Å². The Balaban J connectivity index is 0.00000128. The molecule has 0 aliphatic heterocycles. The van der Waals surface area contributed by atoms with Crippen molar-refractivity contribution in [1.82, 2.24) is 5.32 Å². The maximum absolute atomic E-state index is 3.81. The van der Waals surface area contributed by atoms with Crippen LogP contribution in [0.25, 0.3) is 0 Å². The summed E-state index contributed by atoms with van der Waals surface area (Å²) in [7, 11) is 0. The molecule has 1 nitrogen and oxygen atoms in total. The topological polar surface area (TPSA) is 12.0 Å². The summed E-state index contributed by atoms with van der Waals surface area (Å²) in [5, 5.41) is 3.81. The SMILES string of the molecule is CCC1(CNC(C)C2CCCCC2)CC1.Cl. The number of halogens is 1. The molecule has 2 heteroatoms. The third-order valence-electron chi connectivity index (χ3n) is 4.86. The van der Waals surface area contributed by atoms with Crippen molar-refractivity contribution in [3.8, 4) is 0 Å². The molecule has 1 N–H and O–H groups in total. The fourth-order valence-corrected chi connectivity index (χ4v) is 3.01. The Bertz CT molecular complexity index is 195. The van der Waals surface area contributed by atoms with Crippen molar-refractivity contribution in [2.75, 3.05) is 6.54 Å². The van der Waals surface area contributed by atoms with Gasteiger partial charge in [0.15, 0.2) is 0 Å². The van der Waals surface area contributed by atoms with Gasteiger partial charge < -0.3 is 5.32 Å². The lowest BCUT2D eigenvalue weighted by atomic mass is 9.84. The molecule has 16 heavy (non-hydrogen) atoms. The molecule has 2 saturated carbocycles. The Morgan fingerprint density at radius 1 is 1.19 bits per heavy atom. The molecule has 96 valence electrons. The van der Waals surface area contributed by atoms with Crippen molar-refractivity contribution in [3.63, 3.8) is 0 Å². The molecule has 0 heterocycles. The fourth-order valence-electron chi connectivity index (χ4n) is 3.01. The van der Waals surface area contributed by atoms with Gasteiger partial charge in [-0.1, -0.05) is 26.2 Å². The van der Waals surface area contributed by atoms with Crippen molar-refractivity contribution < 1.29 is 0 Å². The van der Waals surface area contributed by atoms with E-state index in [1.807, 2.05) is 0 Å². The van der Waals surface area contributed by atoms with Crippen molar-refractivity contribution in [1.29, 1.82) is 0 Å². The zero-order chi connectivity index (χ0) is 10.7. The van der Waals surface area contributed by atoms with Gasteiger partial charge in [0.2, 0.25) is 0 Å². The number of rotatable bonds is 5. The van der Waals surface area contributed by atoms with E-state index in [9.17, 15) is 0 Å². The van der Waals surface area contributed by atoms with Crippen LogP contribution in [0, 0.1) is 11.3 Å². The van der Waals surface area contributed by atoms with Crippen LogP contribution < -0.4 is 5.32 Å². The Morgan fingerprint density at radius 3 is 2.31 bits per heavy atom. The maximum atomic E-state index is 3.81. The van der Waals surface area contributed by atoms with Gasteiger partial charge in [0.25, 0.3) is 0 Å². The predicted octanol–water partition coefficient (Wildman–Crippen LogP) is 4.16. The van der Waals surface area contributed by atoms with Crippen molar-refractivity contribution in [2.24, 2.45) is 11.3 Å². The Hall–Kier alpha value is 0.250. The standard InChI is InChI=1S/C14H27N.ClH/c1-3-14(9-10-14)11-15-12(2)13-7-5-4-6-8-13;/h12-13,15H,3-11H2,1-2H3;1H. The lowest BCUT2D eigenvalue weighted by Gasteiger charge is -2.29. The van der Waals surface area contributed by atoms with E-state index in [-0.39, 0.29) is 12.4 Å². The van der Waals surface area contributed by atoms with Crippen molar-refractivity contribution in [2.45, 2.75) is 71.3 Å². The summed E-state index contributed by atoms with van der Waals surface area (Å²) in [6.45, 7) is 6.03. The van der Waals surface area contributed by atoms with Crippen LogP contribution >= 0.6 is 12.4 Å². The number of hydrogen-bond donors (Lipinski definition) is 1. The molecule has 1 atom stereocenters. The van der Waals surface area contributed by atoms with Crippen LogP contribution in [0.3, 0.4) is 0 Å². The first-order valence-electron chi connectivity index (χ1n) is 6.99. The largest absolute Gasteiger partial charge is 0.313 e. The zero-order valence-electron chi connectivity index (χ0n) is 10.9. The molecule has 0 saturated heterocycles. The van der Waals surface area contributed by atoms with Crippen molar-refractivity contribution in [3.05, 3.63) is 0 Å². The van der Waals surface area contributed by atoms with Gasteiger partial charge in [-0.05, 0) is 50.4 Å². The van der Waals surface area contributed by atoms with E-state index in [1.54, 1.807) is 0 Å². The van der Waals surface area contributed by atoms with Crippen molar-refractivity contribution >= 4 is 12.4 Å². The minimum absolute atomic E-state index is 0. The van der Waals surface area contributed by atoms with E-state index in [1.165, 1.54) is 57.9 Å². The summed E-state index contributed by atoms with van der Waals surface area (Å²) < 4.78 is 0. The number of nitrogens with one attached hydrogen (secondary N) is 1. The summed E-state index contributed by atoms with van der Waals surface area (Å²) in [5.74, 6) is 0.964. The Labute approximate surface area is 107 Å². The van der Waals surface area contributed by atoms with E-state index in [4.69, 9.17) is 0 Å². The van der Waals surface area contributed by atoms with E-state index < -0.39 is 0 Å². The number of hydrogen-bond acceptors (Lipinski definition) is 1. The predicted molar refractivity (Wildman–Crippen MR) is 73.2 cm³/mol. The average Bonchev–Trinajstić information content (AvgIpc) is 3.08. The molecule has 0 bridgehead atoms. The van der Waals surface area contributed by atoms with E-state index >= 15 is 0 Å². The molecule has 0 aromatic rings. The van der Waals surface area contributed by atoms with Gasteiger partial charge in [0.05, 0.1) is 0 Å². The van der Waals surface area contributed by atoms with Gasteiger partial charge in [-0.25, -0.2) is 0 Å². The maximum Gasteiger partial charge on any atom is 0.00672 e. The summed E-state index contributed by atoms with van der Waals surface area (Å²) >= 11 is 0.